The van der Waals surface area contributed by atoms with Crippen molar-refractivity contribution < 1.29 is 14.3 Å². The van der Waals surface area contributed by atoms with E-state index in [2.05, 4.69) is 10.4 Å². The first kappa shape index (κ1) is 15.8. The topological polar surface area (TPSA) is 70.4 Å². The molecule has 2 aromatic rings. The van der Waals surface area contributed by atoms with Crippen molar-refractivity contribution in [1.29, 1.82) is 0 Å². The van der Waals surface area contributed by atoms with Gasteiger partial charge in [-0.25, -0.2) is 4.39 Å². The lowest BCUT2D eigenvalue weighted by atomic mass is 10.1. The van der Waals surface area contributed by atoms with Crippen LogP contribution in [0.3, 0.4) is 0 Å². The van der Waals surface area contributed by atoms with E-state index in [1.165, 1.54) is 17.0 Å². The van der Waals surface area contributed by atoms with Crippen molar-refractivity contribution >= 4 is 11.6 Å². The summed E-state index contributed by atoms with van der Waals surface area (Å²) < 4.78 is 14.6. The maximum absolute atomic E-state index is 13.1. The van der Waals surface area contributed by atoms with Crippen molar-refractivity contribution in [2.45, 2.75) is 19.5 Å². The highest BCUT2D eigenvalue weighted by Crippen LogP contribution is 2.24. The molecule has 0 fully saturated rings. The molecule has 0 aliphatic heterocycles. The van der Waals surface area contributed by atoms with Gasteiger partial charge in [0.1, 0.15) is 6.54 Å². The summed E-state index contributed by atoms with van der Waals surface area (Å²) in [6, 6.07) is 4.07. The van der Waals surface area contributed by atoms with Crippen molar-refractivity contribution in [3.63, 3.8) is 0 Å². The number of phenols is 1. The Kier molecular flexibility index (Phi) is 4.65. The van der Waals surface area contributed by atoms with Crippen LogP contribution in [0, 0.1) is 5.82 Å². The molecule has 1 aromatic heterocycles. The first-order valence-electron chi connectivity index (χ1n) is 6.84. The number of carbonyl (C=O) groups is 1. The highest BCUT2D eigenvalue weighted by atomic mass is 19.1. The number of likely N-dealkylation sites (N-methyl/N-ethyl adjacent to an activating group) is 1. The van der Waals surface area contributed by atoms with E-state index in [4.69, 9.17) is 0 Å². The number of amides is 1. The van der Waals surface area contributed by atoms with Crippen molar-refractivity contribution in [3.05, 3.63) is 42.0 Å². The molecule has 0 saturated heterocycles. The van der Waals surface area contributed by atoms with Gasteiger partial charge in [0.25, 0.3) is 0 Å². The minimum absolute atomic E-state index is 0.0499. The summed E-state index contributed by atoms with van der Waals surface area (Å²) in [5.74, 6) is -1.07. The largest absolute Gasteiger partial charge is 0.505 e. The molecule has 2 N–H and O–H groups in total. The first-order valence-corrected chi connectivity index (χ1v) is 6.84. The van der Waals surface area contributed by atoms with Crippen LogP contribution in [0.1, 0.15) is 18.5 Å². The van der Waals surface area contributed by atoms with Crippen molar-refractivity contribution in [1.82, 2.24) is 14.7 Å². The van der Waals surface area contributed by atoms with Crippen molar-refractivity contribution in [3.8, 4) is 5.75 Å². The van der Waals surface area contributed by atoms with Crippen LogP contribution in [0.5, 0.6) is 5.75 Å². The maximum atomic E-state index is 13.1. The number of halogens is 1. The molecule has 1 aromatic carbocycles. The highest BCUT2D eigenvalue weighted by molar-refractivity contribution is 5.75. The van der Waals surface area contributed by atoms with E-state index in [1.54, 1.807) is 37.2 Å². The molecule has 6 nitrogen and oxygen atoms in total. The third kappa shape index (κ3) is 3.75. The van der Waals surface area contributed by atoms with E-state index in [1.807, 2.05) is 6.92 Å². The van der Waals surface area contributed by atoms with Gasteiger partial charge in [0.15, 0.2) is 11.6 Å². The Balaban J connectivity index is 2.03. The third-order valence-electron chi connectivity index (χ3n) is 3.28. The van der Waals surface area contributed by atoms with Crippen LogP contribution in [-0.2, 0) is 11.3 Å². The summed E-state index contributed by atoms with van der Waals surface area (Å²) in [4.78, 5) is 13.1. The predicted molar refractivity (Wildman–Crippen MR) is 81.0 cm³/mol. The fourth-order valence-electron chi connectivity index (χ4n) is 1.94. The minimum atomic E-state index is -0.647. The lowest BCUT2D eigenvalue weighted by molar-refractivity contribution is -0.129. The number of aromatic hydroxyl groups is 1. The molecule has 1 unspecified atom stereocenters. The normalized spacial score (nSPS) is 12.0. The monoisotopic (exact) mass is 306 g/mol. The molecular formula is C15H19FN4O2. The predicted octanol–water partition coefficient (Wildman–Crippen LogP) is 1.99. The molecule has 0 aliphatic carbocycles. The van der Waals surface area contributed by atoms with Gasteiger partial charge in [-0.3, -0.25) is 9.48 Å². The second kappa shape index (κ2) is 6.46. The van der Waals surface area contributed by atoms with Gasteiger partial charge >= 0.3 is 0 Å². The van der Waals surface area contributed by atoms with Gasteiger partial charge in [0, 0.05) is 26.3 Å². The molecule has 7 heteroatoms. The quantitative estimate of drug-likeness (QED) is 0.886. The average molecular weight is 306 g/mol. The molecule has 0 saturated carbocycles. The summed E-state index contributed by atoms with van der Waals surface area (Å²) in [6.07, 6.45) is 3.34. The summed E-state index contributed by atoms with van der Waals surface area (Å²) >= 11 is 0. The maximum Gasteiger partial charge on any atom is 0.243 e. The van der Waals surface area contributed by atoms with Gasteiger partial charge in [-0.05, 0) is 24.6 Å². The molecule has 2 rings (SSSR count). The summed E-state index contributed by atoms with van der Waals surface area (Å²) in [7, 11) is 3.38. The number of hydrogen-bond acceptors (Lipinski definition) is 4. The van der Waals surface area contributed by atoms with E-state index in [9.17, 15) is 14.3 Å². The lowest BCUT2D eigenvalue weighted by Crippen LogP contribution is -2.26. The Labute approximate surface area is 128 Å². The Morgan fingerprint density at radius 3 is 2.86 bits per heavy atom. The molecule has 118 valence electrons. The molecule has 1 atom stereocenters. The molecule has 0 spiro atoms. The summed E-state index contributed by atoms with van der Waals surface area (Å²) in [5.41, 5.74) is 1.49. The number of anilines is 1. The molecule has 1 heterocycles. The Morgan fingerprint density at radius 2 is 2.23 bits per heavy atom. The summed E-state index contributed by atoms with van der Waals surface area (Å²) in [5, 5.41) is 16.7. The van der Waals surface area contributed by atoms with E-state index in [-0.39, 0.29) is 24.2 Å². The van der Waals surface area contributed by atoms with Crippen LogP contribution >= 0.6 is 0 Å². The smallest absolute Gasteiger partial charge is 0.243 e. The number of aromatic nitrogens is 2. The van der Waals surface area contributed by atoms with E-state index in [0.717, 1.165) is 11.3 Å². The van der Waals surface area contributed by atoms with Gasteiger partial charge in [0.2, 0.25) is 5.91 Å². The van der Waals surface area contributed by atoms with Gasteiger partial charge in [0.05, 0.1) is 11.9 Å². The van der Waals surface area contributed by atoms with Crippen LogP contribution in [-0.4, -0.2) is 39.8 Å². The van der Waals surface area contributed by atoms with E-state index < -0.39 is 5.82 Å². The number of nitrogens with zero attached hydrogens (tertiary/aromatic N) is 3. The molecule has 0 radical (unpaired) electrons. The number of benzene rings is 1. The Hall–Kier alpha value is -2.57. The van der Waals surface area contributed by atoms with E-state index >= 15 is 0 Å². The zero-order chi connectivity index (χ0) is 16.3. The number of nitrogens with one attached hydrogen (secondary N) is 1. The second-order valence-electron chi connectivity index (χ2n) is 5.29. The third-order valence-corrected chi connectivity index (χ3v) is 3.28. The van der Waals surface area contributed by atoms with Gasteiger partial charge in [-0.2, -0.15) is 5.10 Å². The standard InChI is InChI=1S/C15H19FN4O2/c1-10(11-4-5-13(16)14(21)6-11)18-12-7-17-20(8-12)9-15(22)19(2)3/h4-8,10,18,21H,9H2,1-3H3. The Bertz CT molecular complexity index is 669. The fraction of sp³-hybridized carbons (Fsp3) is 0.333. The minimum Gasteiger partial charge on any atom is -0.505 e. The highest BCUT2D eigenvalue weighted by Gasteiger charge is 2.11. The molecule has 0 bridgehead atoms. The van der Waals surface area contributed by atoms with Crippen LogP contribution in [0.25, 0.3) is 0 Å². The molecule has 22 heavy (non-hydrogen) atoms. The van der Waals surface area contributed by atoms with Gasteiger partial charge < -0.3 is 15.3 Å². The molecular weight excluding hydrogens is 287 g/mol. The zero-order valence-electron chi connectivity index (χ0n) is 12.7. The first-order chi connectivity index (χ1) is 10.4. The number of phenolic OH excluding ortho intramolecular Hbond substituents is 1. The Morgan fingerprint density at radius 1 is 1.50 bits per heavy atom. The van der Waals surface area contributed by atoms with Gasteiger partial charge in [-0.15, -0.1) is 0 Å². The molecule has 0 aliphatic rings. The van der Waals surface area contributed by atoms with E-state index in [0.29, 0.717) is 0 Å². The molecule has 1 amide bonds. The van der Waals surface area contributed by atoms with Crippen LogP contribution in [0.15, 0.2) is 30.6 Å². The van der Waals surface area contributed by atoms with Crippen molar-refractivity contribution in [2.24, 2.45) is 0 Å². The lowest BCUT2D eigenvalue weighted by Gasteiger charge is -2.14. The summed E-state index contributed by atoms with van der Waals surface area (Å²) in [6.45, 7) is 2.05. The van der Waals surface area contributed by atoms with Gasteiger partial charge in [-0.1, -0.05) is 6.07 Å². The second-order valence-corrected chi connectivity index (χ2v) is 5.29. The SMILES string of the molecule is CC(Nc1cnn(CC(=O)N(C)C)c1)c1ccc(F)c(O)c1. The average Bonchev–Trinajstić information content (AvgIpc) is 2.88. The number of hydrogen-bond donors (Lipinski definition) is 2. The number of rotatable bonds is 5. The number of carbonyl (C=O) groups excluding carboxylic acids is 1. The van der Waals surface area contributed by atoms with Crippen LogP contribution in [0.2, 0.25) is 0 Å². The fourth-order valence-corrected chi connectivity index (χ4v) is 1.94. The van der Waals surface area contributed by atoms with Crippen molar-refractivity contribution in [2.75, 3.05) is 19.4 Å². The van der Waals surface area contributed by atoms with Crippen LogP contribution in [0.4, 0.5) is 10.1 Å². The van der Waals surface area contributed by atoms with Crippen LogP contribution < -0.4 is 5.32 Å². The zero-order valence-corrected chi connectivity index (χ0v) is 12.7.